The average Bonchev–Trinajstić information content (AvgIpc) is 2.73. The van der Waals surface area contributed by atoms with E-state index in [-0.39, 0.29) is 17.9 Å². The Bertz CT molecular complexity index is 1080. The molecule has 28 heavy (non-hydrogen) atoms. The lowest BCUT2D eigenvalue weighted by atomic mass is 10.2. The van der Waals surface area contributed by atoms with E-state index in [0.717, 1.165) is 0 Å². The normalized spacial score (nSPS) is 10.0. The molecule has 6 nitrogen and oxygen atoms in total. The van der Waals surface area contributed by atoms with Gasteiger partial charge in [-0.2, -0.15) is 5.26 Å². The van der Waals surface area contributed by atoms with Gasteiger partial charge in [-0.05, 0) is 30.3 Å². The van der Waals surface area contributed by atoms with Crippen molar-refractivity contribution in [3.8, 4) is 6.07 Å². The van der Waals surface area contributed by atoms with Gasteiger partial charge in [-0.25, -0.2) is 9.37 Å². The lowest BCUT2D eigenvalue weighted by molar-refractivity contribution is 0.0945. The number of hydrogen-bond acceptors (Lipinski definition) is 4. The van der Waals surface area contributed by atoms with E-state index in [2.05, 4.69) is 15.6 Å². The number of hydrogen-bond donors (Lipinski definition) is 2. The summed E-state index contributed by atoms with van der Waals surface area (Å²) in [7, 11) is 0. The Morgan fingerprint density at radius 2 is 1.61 bits per heavy atom. The van der Waals surface area contributed by atoms with Crippen molar-refractivity contribution in [2.24, 2.45) is 0 Å². The van der Waals surface area contributed by atoms with Gasteiger partial charge in [-0.3, -0.25) is 9.59 Å². The topological polar surface area (TPSA) is 94.9 Å². The summed E-state index contributed by atoms with van der Waals surface area (Å²) in [5, 5.41) is 14.3. The predicted octanol–water partition coefficient (Wildman–Crippen LogP) is 3.27. The molecule has 0 spiro atoms. The van der Waals surface area contributed by atoms with Crippen LogP contribution < -0.4 is 10.6 Å². The molecule has 2 aromatic carbocycles. The number of nitriles is 1. The number of para-hydroxylation sites is 1. The summed E-state index contributed by atoms with van der Waals surface area (Å²) in [5.41, 5.74) is 1.06. The number of aromatic nitrogens is 1. The van der Waals surface area contributed by atoms with Gasteiger partial charge >= 0.3 is 0 Å². The molecule has 0 aliphatic rings. The van der Waals surface area contributed by atoms with E-state index < -0.39 is 17.6 Å². The molecule has 138 valence electrons. The smallest absolute Gasteiger partial charge is 0.274 e. The van der Waals surface area contributed by atoms with Crippen LogP contribution in [0.1, 0.15) is 32.1 Å². The van der Waals surface area contributed by atoms with Gasteiger partial charge in [0, 0.05) is 12.1 Å². The molecular weight excluding hydrogens is 359 g/mol. The first kappa shape index (κ1) is 18.7. The lowest BCUT2D eigenvalue weighted by Crippen LogP contribution is -2.25. The van der Waals surface area contributed by atoms with Crippen LogP contribution in [0.5, 0.6) is 0 Å². The van der Waals surface area contributed by atoms with E-state index >= 15 is 0 Å². The Hall–Kier alpha value is -4.05. The summed E-state index contributed by atoms with van der Waals surface area (Å²) < 4.78 is 13.6. The molecule has 3 aromatic rings. The summed E-state index contributed by atoms with van der Waals surface area (Å²) in [6, 6.07) is 19.1. The lowest BCUT2D eigenvalue weighted by Gasteiger charge is -2.08. The van der Waals surface area contributed by atoms with Crippen LogP contribution in [-0.4, -0.2) is 16.8 Å². The number of amides is 2. The minimum absolute atomic E-state index is 0.000838. The third-order valence-corrected chi connectivity index (χ3v) is 3.91. The predicted molar refractivity (Wildman–Crippen MR) is 101 cm³/mol. The van der Waals surface area contributed by atoms with Crippen molar-refractivity contribution in [3.63, 3.8) is 0 Å². The molecule has 0 aliphatic carbocycles. The zero-order valence-electron chi connectivity index (χ0n) is 14.6. The fourth-order valence-electron chi connectivity index (χ4n) is 2.47. The van der Waals surface area contributed by atoms with Crippen LogP contribution in [0.15, 0.2) is 66.7 Å². The quantitative estimate of drug-likeness (QED) is 0.716. The fourth-order valence-corrected chi connectivity index (χ4v) is 2.47. The highest BCUT2D eigenvalue weighted by Crippen LogP contribution is 2.14. The molecule has 0 saturated heterocycles. The van der Waals surface area contributed by atoms with E-state index in [1.165, 1.54) is 24.3 Å². The van der Waals surface area contributed by atoms with E-state index in [1.807, 2.05) is 6.07 Å². The molecule has 0 atom stereocenters. The highest BCUT2D eigenvalue weighted by Gasteiger charge is 2.14. The van der Waals surface area contributed by atoms with Crippen molar-refractivity contribution in [1.29, 1.82) is 5.26 Å². The Labute approximate surface area is 160 Å². The second-order valence-electron chi connectivity index (χ2n) is 5.79. The van der Waals surface area contributed by atoms with Gasteiger partial charge in [0.15, 0.2) is 0 Å². The number of nitrogens with one attached hydrogen (secondary N) is 2. The highest BCUT2D eigenvalue weighted by atomic mass is 19.1. The Morgan fingerprint density at radius 3 is 2.36 bits per heavy atom. The Morgan fingerprint density at radius 1 is 0.929 bits per heavy atom. The SMILES string of the molecule is N#Cc1ccccc1NC(=O)c1cccc(C(=O)NCc2ccccc2F)n1. The molecule has 2 amide bonds. The van der Waals surface area contributed by atoms with Crippen LogP contribution >= 0.6 is 0 Å². The molecule has 1 heterocycles. The summed E-state index contributed by atoms with van der Waals surface area (Å²) in [6.45, 7) is -0.000838. The Kier molecular flexibility index (Phi) is 5.72. The summed E-state index contributed by atoms with van der Waals surface area (Å²) in [5.74, 6) is -1.50. The van der Waals surface area contributed by atoms with Gasteiger partial charge in [-0.15, -0.1) is 0 Å². The molecule has 1 aromatic heterocycles. The van der Waals surface area contributed by atoms with Gasteiger partial charge < -0.3 is 10.6 Å². The van der Waals surface area contributed by atoms with Crippen molar-refractivity contribution in [1.82, 2.24) is 10.3 Å². The summed E-state index contributed by atoms with van der Waals surface area (Å²) >= 11 is 0. The van der Waals surface area contributed by atoms with E-state index in [9.17, 15) is 14.0 Å². The molecule has 0 radical (unpaired) electrons. The van der Waals surface area contributed by atoms with Crippen molar-refractivity contribution in [2.45, 2.75) is 6.54 Å². The zero-order valence-corrected chi connectivity index (χ0v) is 14.6. The number of nitrogens with zero attached hydrogens (tertiary/aromatic N) is 2. The van der Waals surface area contributed by atoms with Crippen molar-refractivity contribution in [3.05, 3.63) is 95.1 Å². The summed E-state index contributed by atoms with van der Waals surface area (Å²) in [6.07, 6.45) is 0. The molecule has 7 heteroatoms. The van der Waals surface area contributed by atoms with Crippen LogP contribution in [0.3, 0.4) is 0 Å². The Balaban J connectivity index is 1.71. The van der Waals surface area contributed by atoms with Crippen molar-refractivity contribution < 1.29 is 14.0 Å². The maximum atomic E-state index is 13.6. The number of anilines is 1. The minimum Gasteiger partial charge on any atom is -0.347 e. The maximum Gasteiger partial charge on any atom is 0.274 e. The fraction of sp³-hybridized carbons (Fsp3) is 0.0476. The van der Waals surface area contributed by atoms with Gasteiger partial charge in [0.1, 0.15) is 23.3 Å². The second-order valence-corrected chi connectivity index (χ2v) is 5.79. The van der Waals surface area contributed by atoms with Crippen LogP contribution in [0.4, 0.5) is 10.1 Å². The van der Waals surface area contributed by atoms with E-state index in [1.54, 1.807) is 42.5 Å². The van der Waals surface area contributed by atoms with E-state index in [4.69, 9.17) is 5.26 Å². The minimum atomic E-state index is -0.550. The maximum absolute atomic E-state index is 13.6. The third kappa shape index (κ3) is 4.37. The number of carbonyl (C=O) groups excluding carboxylic acids is 2. The first-order valence-corrected chi connectivity index (χ1v) is 8.37. The first-order valence-electron chi connectivity index (χ1n) is 8.37. The monoisotopic (exact) mass is 374 g/mol. The molecule has 0 fully saturated rings. The number of halogens is 1. The number of benzene rings is 2. The second kappa shape index (κ2) is 8.56. The van der Waals surface area contributed by atoms with Crippen LogP contribution in [-0.2, 0) is 6.54 Å². The van der Waals surface area contributed by atoms with Crippen LogP contribution in [0.2, 0.25) is 0 Å². The molecular formula is C21H15FN4O2. The van der Waals surface area contributed by atoms with Crippen LogP contribution in [0, 0.1) is 17.1 Å². The summed E-state index contributed by atoms with van der Waals surface area (Å²) in [4.78, 5) is 28.8. The largest absolute Gasteiger partial charge is 0.347 e. The number of pyridine rings is 1. The molecule has 2 N–H and O–H groups in total. The molecule has 0 bridgehead atoms. The van der Waals surface area contributed by atoms with Crippen LogP contribution in [0.25, 0.3) is 0 Å². The first-order chi connectivity index (χ1) is 13.6. The van der Waals surface area contributed by atoms with E-state index in [0.29, 0.717) is 16.8 Å². The van der Waals surface area contributed by atoms with Gasteiger partial charge in [0.05, 0.1) is 11.3 Å². The molecule has 0 aliphatic heterocycles. The van der Waals surface area contributed by atoms with Gasteiger partial charge in [-0.1, -0.05) is 36.4 Å². The van der Waals surface area contributed by atoms with Gasteiger partial charge in [0.2, 0.25) is 0 Å². The van der Waals surface area contributed by atoms with Crippen molar-refractivity contribution in [2.75, 3.05) is 5.32 Å². The molecule has 0 unspecified atom stereocenters. The highest BCUT2D eigenvalue weighted by molar-refractivity contribution is 6.04. The number of rotatable bonds is 5. The van der Waals surface area contributed by atoms with Gasteiger partial charge in [0.25, 0.3) is 11.8 Å². The zero-order chi connectivity index (χ0) is 19.9. The average molecular weight is 374 g/mol. The van der Waals surface area contributed by atoms with Crippen molar-refractivity contribution >= 4 is 17.5 Å². The molecule has 0 saturated carbocycles. The third-order valence-electron chi connectivity index (χ3n) is 3.91. The standard InChI is InChI=1S/C21H15FN4O2/c22-16-8-3-1-7-15(16)13-24-20(27)18-10-5-11-19(25-18)21(28)26-17-9-4-2-6-14(17)12-23/h1-11H,13H2,(H,24,27)(H,26,28). The number of carbonyl (C=O) groups is 2. The molecule has 3 rings (SSSR count).